The Labute approximate surface area is 169 Å². The number of carbonyl (C=O) groups is 1. The van der Waals surface area contributed by atoms with Crippen LogP contribution < -0.4 is 10.2 Å². The molecule has 0 atom stereocenters. The summed E-state index contributed by atoms with van der Waals surface area (Å²) in [5, 5.41) is 3.87. The molecule has 1 amide bonds. The topological polar surface area (TPSA) is 71.0 Å². The molecule has 2 aromatic carbocycles. The van der Waals surface area contributed by atoms with Gasteiger partial charge >= 0.3 is 0 Å². The number of pyridine rings is 1. The first-order valence-electron chi connectivity index (χ1n) is 9.47. The van der Waals surface area contributed by atoms with E-state index in [-0.39, 0.29) is 5.91 Å². The highest BCUT2D eigenvalue weighted by molar-refractivity contribution is 6.08. The fraction of sp³-hybridized carbons (Fsp3) is 0.130. The Bertz CT molecular complexity index is 1150. The molecule has 0 bridgehead atoms. The molecule has 6 nitrogen and oxygen atoms in total. The van der Waals surface area contributed by atoms with Crippen molar-refractivity contribution in [1.82, 2.24) is 15.0 Å². The monoisotopic (exact) mass is 383 g/mol. The third-order valence-corrected chi connectivity index (χ3v) is 4.65. The Kier molecular flexibility index (Phi) is 5.16. The summed E-state index contributed by atoms with van der Waals surface area (Å²) in [5.41, 5.74) is 3.98. The third kappa shape index (κ3) is 3.91. The number of amides is 1. The number of hydrogen-bond acceptors (Lipinski definition) is 5. The first-order chi connectivity index (χ1) is 14.2. The van der Waals surface area contributed by atoms with Crippen molar-refractivity contribution in [3.63, 3.8) is 0 Å². The fourth-order valence-electron chi connectivity index (χ4n) is 3.21. The maximum Gasteiger partial charge on any atom is 0.258 e. The highest BCUT2D eigenvalue weighted by atomic mass is 16.1. The van der Waals surface area contributed by atoms with Gasteiger partial charge in [-0.05, 0) is 43.7 Å². The van der Waals surface area contributed by atoms with Crippen molar-refractivity contribution in [1.29, 1.82) is 0 Å². The summed E-state index contributed by atoms with van der Waals surface area (Å²) in [6.45, 7) is 4.81. The summed E-state index contributed by atoms with van der Waals surface area (Å²) in [7, 11) is 0. The zero-order chi connectivity index (χ0) is 20.2. The minimum Gasteiger partial charge on any atom is -0.320 e. The van der Waals surface area contributed by atoms with E-state index in [1.807, 2.05) is 67.3 Å². The Hall–Kier alpha value is -3.80. The molecule has 0 spiro atoms. The lowest BCUT2D eigenvalue weighted by molar-refractivity contribution is 0.102. The first kappa shape index (κ1) is 18.6. The zero-order valence-electron chi connectivity index (χ0n) is 16.3. The van der Waals surface area contributed by atoms with Gasteiger partial charge in [-0.15, -0.1) is 0 Å². The third-order valence-electron chi connectivity index (χ3n) is 4.65. The molecule has 0 fully saturated rings. The minimum atomic E-state index is -0.270. The van der Waals surface area contributed by atoms with Crippen molar-refractivity contribution < 1.29 is 4.79 Å². The maximum absolute atomic E-state index is 12.7. The van der Waals surface area contributed by atoms with E-state index in [4.69, 9.17) is 0 Å². The van der Waals surface area contributed by atoms with Gasteiger partial charge in [0.05, 0.1) is 16.8 Å². The van der Waals surface area contributed by atoms with Gasteiger partial charge in [-0.2, -0.15) is 0 Å². The standard InChI is InChI=1S/C23H21N5O/c1-3-28(19-10-4-7-16(2)13-19)23-25-14-18(15-26-23)22(29)27-20-11-5-8-17-9-6-12-24-21(17)20/h4-15H,3H2,1-2H3,(H,27,29). The van der Waals surface area contributed by atoms with Crippen LogP contribution in [-0.2, 0) is 0 Å². The smallest absolute Gasteiger partial charge is 0.258 e. The molecule has 0 saturated carbocycles. The molecule has 2 aromatic heterocycles. The summed E-state index contributed by atoms with van der Waals surface area (Å²) in [6.07, 6.45) is 4.81. The van der Waals surface area contributed by atoms with E-state index in [1.54, 1.807) is 18.6 Å². The second kappa shape index (κ2) is 8.06. The van der Waals surface area contributed by atoms with Gasteiger partial charge in [0, 0.05) is 36.2 Å². The van der Waals surface area contributed by atoms with Gasteiger partial charge < -0.3 is 10.2 Å². The highest BCUT2D eigenvalue weighted by Gasteiger charge is 2.14. The molecule has 4 aromatic rings. The van der Waals surface area contributed by atoms with Crippen molar-refractivity contribution in [3.05, 3.63) is 84.3 Å². The van der Waals surface area contributed by atoms with E-state index in [9.17, 15) is 4.79 Å². The SMILES string of the molecule is CCN(c1cccc(C)c1)c1ncc(C(=O)Nc2cccc3cccnc23)cn1. The molecule has 1 N–H and O–H groups in total. The number of carbonyl (C=O) groups excluding carboxylic acids is 1. The van der Waals surface area contributed by atoms with Crippen molar-refractivity contribution in [2.24, 2.45) is 0 Å². The van der Waals surface area contributed by atoms with Gasteiger partial charge in [-0.1, -0.05) is 30.3 Å². The number of nitrogens with zero attached hydrogens (tertiary/aromatic N) is 4. The van der Waals surface area contributed by atoms with Gasteiger partial charge in [0.25, 0.3) is 5.91 Å². The first-order valence-corrected chi connectivity index (χ1v) is 9.47. The molecule has 2 heterocycles. The minimum absolute atomic E-state index is 0.270. The molecule has 6 heteroatoms. The van der Waals surface area contributed by atoms with E-state index in [0.717, 1.165) is 23.1 Å². The summed E-state index contributed by atoms with van der Waals surface area (Å²) < 4.78 is 0. The van der Waals surface area contributed by atoms with Gasteiger partial charge in [-0.25, -0.2) is 9.97 Å². The molecular formula is C23H21N5O. The molecule has 0 radical (unpaired) electrons. The molecule has 29 heavy (non-hydrogen) atoms. The Morgan fingerprint density at radius 3 is 2.52 bits per heavy atom. The summed E-state index contributed by atoms with van der Waals surface area (Å²) in [5.74, 6) is 0.287. The molecule has 0 aliphatic carbocycles. The molecule has 0 aliphatic heterocycles. The van der Waals surface area contributed by atoms with E-state index < -0.39 is 0 Å². The summed E-state index contributed by atoms with van der Waals surface area (Å²) in [4.78, 5) is 27.9. The second-order valence-electron chi connectivity index (χ2n) is 6.69. The van der Waals surface area contributed by atoms with Crippen LogP contribution in [0.2, 0.25) is 0 Å². The van der Waals surface area contributed by atoms with E-state index in [2.05, 4.69) is 26.3 Å². The predicted octanol–water partition coefficient (Wildman–Crippen LogP) is 4.74. The van der Waals surface area contributed by atoms with Crippen LogP contribution in [0.4, 0.5) is 17.3 Å². The Balaban J connectivity index is 1.56. The quantitative estimate of drug-likeness (QED) is 0.539. The number of rotatable bonds is 5. The number of benzene rings is 2. The van der Waals surface area contributed by atoms with E-state index >= 15 is 0 Å². The van der Waals surface area contributed by atoms with Crippen molar-refractivity contribution in [2.75, 3.05) is 16.8 Å². The zero-order valence-corrected chi connectivity index (χ0v) is 16.3. The summed E-state index contributed by atoms with van der Waals surface area (Å²) in [6, 6.07) is 17.7. The maximum atomic E-state index is 12.7. The Morgan fingerprint density at radius 1 is 1.00 bits per heavy atom. The van der Waals surface area contributed by atoms with Crippen molar-refractivity contribution >= 4 is 34.1 Å². The highest BCUT2D eigenvalue weighted by Crippen LogP contribution is 2.23. The van der Waals surface area contributed by atoms with Crippen LogP contribution in [0.3, 0.4) is 0 Å². The van der Waals surface area contributed by atoms with Crippen LogP contribution >= 0.6 is 0 Å². The van der Waals surface area contributed by atoms with Crippen molar-refractivity contribution in [2.45, 2.75) is 13.8 Å². The van der Waals surface area contributed by atoms with Gasteiger partial charge in [0.1, 0.15) is 0 Å². The van der Waals surface area contributed by atoms with Crippen LogP contribution in [0.25, 0.3) is 10.9 Å². The number of anilines is 3. The van der Waals surface area contributed by atoms with Crippen LogP contribution in [-0.4, -0.2) is 27.4 Å². The number of fused-ring (bicyclic) bond motifs is 1. The molecule has 0 unspecified atom stereocenters. The fourth-order valence-corrected chi connectivity index (χ4v) is 3.21. The lowest BCUT2D eigenvalue weighted by Crippen LogP contribution is -2.20. The predicted molar refractivity (Wildman–Crippen MR) is 116 cm³/mol. The lowest BCUT2D eigenvalue weighted by atomic mass is 10.2. The van der Waals surface area contributed by atoms with Crippen molar-refractivity contribution in [3.8, 4) is 0 Å². The number of nitrogens with one attached hydrogen (secondary N) is 1. The normalized spacial score (nSPS) is 10.7. The van der Waals surface area contributed by atoms with E-state index in [0.29, 0.717) is 17.2 Å². The van der Waals surface area contributed by atoms with Gasteiger partial charge in [0.2, 0.25) is 5.95 Å². The van der Waals surface area contributed by atoms with Crippen LogP contribution in [0, 0.1) is 6.92 Å². The van der Waals surface area contributed by atoms with Gasteiger partial charge in [-0.3, -0.25) is 9.78 Å². The number of para-hydroxylation sites is 1. The molecular weight excluding hydrogens is 362 g/mol. The number of hydrogen-bond donors (Lipinski definition) is 1. The van der Waals surface area contributed by atoms with Crippen LogP contribution in [0.15, 0.2) is 73.2 Å². The second-order valence-corrected chi connectivity index (χ2v) is 6.69. The Morgan fingerprint density at radius 2 is 1.76 bits per heavy atom. The van der Waals surface area contributed by atoms with Gasteiger partial charge in [0.15, 0.2) is 0 Å². The molecule has 0 aliphatic rings. The largest absolute Gasteiger partial charge is 0.320 e. The number of aromatic nitrogens is 3. The number of aryl methyl sites for hydroxylation is 1. The lowest BCUT2D eigenvalue weighted by Gasteiger charge is -2.21. The van der Waals surface area contributed by atoms with Crippen LogP contribution in [0.1, 0.15) is 22.8 Å². The summed E-state index contributed by atoms with van der Waals surface area (Å²) >= 11 is 0. The van der Waals surface area contributed by atoms with E-state index in [1.165, 1.54) is 5.56 Å². The molecule has 4 rings (SSSR count). The average molecular weight is 383 g/mol. The van der Waals surface area contributed by atoms with Crippen LogP contribution in [0.5, 0.6) is 0 Å². The average Bonchev–Trinajstić information content (AvgIpc) is 2.75. The molecule has 144 valence electrons. The molecule has 0 saturated heterocycles.